The van der Waals surface area contributed by atoms with Crippen LogP contribution in [0.2, 0.25) is 0 Å². The fourth-order valence-electron chi connectivity index (χ4n) is 2.47. The number of carbonyl (C=O) groups is 1. The molecule has 0 aliphatic heterocycles. The summed E-state index contributed by atoms with van der Waals surface area (Å²) < 4.78 is 39.9. The van der Waals surface area contributed by atoms with Crippen molar-refractivity contribution in [2.24, 2.45) is 0 Å². The Morgan fingerprint density at radius 2 is 2.04 bits per heavy atom. The van der Waals surface area contributed by atoms with Gasteiger partial charge in [-0.2, -0.15) is 18.3 Å². The fraction of sp³-hybridized carbons (Fsp3) is 0.412. The van der Waals surface area contributed by atoms with E-state index in [1.165, 1.54) is 23.0 Å². The van der Waals surface area contributed by atoms with E-state index in [0.717, 1.165) is 18.7 Å². The predicted molar refractivity (Wildman–Crippen MR) is 96.0 cm³/mol. The van der Waals surface area contributed by atoms with Gasteiger partial charge in [0.15, 0.2) is 0 Å². The monoisotopic (exact) mass is 390 g/mol. The lowest BCUT2D eigenvalue weighted by Gasteiger charge is -2.13. The first-order chi connectivity index (χ1) is 11.7. The summed E-state index contributed by atoms with van der Waals surface area (Å²) in [6.45, 7) is 6.81. The maximum atomic E-state index is 12.9. The molecule has 1 amide bonds. The van der Waals surface area contributed by atoms with Crippen LogP contribution in [0.5, 0.6) is 0 Å². The quantitative estimate of drug-likeness (QED) is 0.795. The third-order valence-corrected chi connectivity index (χ3v) is 3.79. The Labute approximate surface area is 156 Å². The number of hydrogen-bond donors (Lipinski definition) is 2. The van der Waals surface area contributed by atoms with Crippen LogP contribution >= 0.6 is 12.4 Å². The summed E-state index contributed by atoms with van der Waals surface area (Å²) in [5.41, 5.74) is 0.312. The number of amides is 1. The molecule has 0 saturated heterocycles. The molecule has 26 heavy (non-hydrogen) atoms. The van der Waals surface area contributed by atoms with Crippen molar-refractivity contribution in [3.63, 3.8) is 0 Å². The molecule has 0 unspecified atom stereocenters. The predicted octanol–water partition coefficient (Wildman–Crippen LogP) is 3.35. The van der Waals surface area contributed by atoms with E-state index < -0.39 is 11.7 Å². The summed E-state index contributed by atoms with van der Waals surface area (Å²) in [5, 5.41) is 10.0. The Hall–Kier alpha value is -2.06. The molecule has 9 heteroatoms. The maximum Gasteiger partial charge on any atom is 0.416 e. The molecular weight excluding hydrogens is 369 g/mol. The Balaban J connectivity index is 0.00000338. The number of carbonyl (C=O) groups excluding carboxylic acids is 1. The van der Waals surface area contributed by atoms with Crippen molar-refractivity contribution in [1.29, 1.82) is 0 Å². The zero-order chi connectivity index (χ0) is 18.6. The molecule has 0 fully saturated rings. The Bertz CT molecular complexity index is 746. The van der Waals surface area contributed by atoms with Crippen molar-refractivity contribution in [3.05, 3.63) is 47.3 Å². The Morgan fingerprint density at radius 3 is 2.65 bits per heavy atom. The van der Waals surface area contributed by atoms with Gasteiger partial charge in [0.2, 0.25) is 0 Å². The minimum atomic E-state index is -4.43. The summed E-state index contributed by atoms with van der Waals surface area (Å²) in [6.07, 6.45) is -3.07. The van der Waals surface area contributed by atoms with Crippen molar-refractivity contribution in [3.8, 4) is 5.69 Å². The minimum absolute atomic E-state index is 0. The minimum Gasteiger partial charge on any atom is -0.350 e. The summed E-state index contributed by atoms with van der Waals surface area (Å²) in [7, 11) is 0. The van der Waals surface area contributed by atoms with E-state index in [1.54, 1.807) is 6.92 Å². The lowest BCUT2D eigenvalue weighted by Crippen LogP contribution is -2.38. The lowest BCUT2D eigenvalue weighted by molar-refractivity contribution is -0.137. The smallest absolute Gasteiger partial charge is 0.350 e. The van der Waals surface area contributed by atoms with Crippen LogP contribution in [0, 0.1) is 6.92 Å². The molecule has 2 N–H and O–H groups in total. The van der Waals surface area contributed by atoms with Crippen molar-refractivity contribution >= 4 is 18.3 Å². The van der Waals surface area contributed by atoms with Gasteiger partial charge in [-0.05, 0) is 38.6 Å². The normalized spacial score (nSPS) is 12.4. The van der Waals surface area contributed by atoms with E-state index in [0.29, 0.717) is 17.8 Å². The van der Waals surface area contributed by atoms with Gasteiger partial charge in [0.1, 0.15) is 0 Å². The zero-order valence-electron chi connectivity index (χ0n) is 14.7. The first-order valence-corrected chi connectivity index (χ1v) is 7.98. The number of nitrogens with one attached hydrogen (secondary N) is 2. The number of likely N-dealkylation sites (N-methyl/N-ethyl adjacent to an activating group) is 1. The van der Waals surface area contributed by atoms with Crippen LogP contribution in [-0.4, -0.2) is 34.8 Å². The van der Waals surface area contributed by atoms with Crippen LogP contribution in [0.3, 0.4) is 0 Å². The van der Waals surface area contributed by atoms with Gasteiger partial charge in [0, 0.05) is 12.6 Å². The number of rotatable bonds is 6. The number of halogens is 4. The highest BCUT2D eigenvalue weighted by atomic mass is 35.5. The average molecular weight is 391 g/mol. The SMILES string of the molecule is CCN[C@H](C)CNC(=O)c1cnn(-c2cccc(C(F)(F)F)c2)c1C.Cl. The van der Waals surface area contributed by atoms with E-state index in [-0.39, 0.29) is 30.0 Å². The number of benzene rings is 1. The molecule has 1 aromatic heterocycles. The van der Waals surface area contributed by atoms with Crippen LogP contribution in [0.25, 0.3) is 5.69 Å². The van der Waals surface area contributed by atoms with Crippen molar-refractivity contribution in [1.82, 2.24) is 20.4 Å². The second kappa shape index (κ2) is 9.05. The molecule has 0 aliphatic rings. The molecule has 2 rings (SSSR count). The third kappa shape index (κ3) is 5.22. The molecule has 144 valence electrons. The summed E-state index contributed by atoms with van der Waals surface area (Å²) in [5.74, 6) is -0.305. The molecule has 0 aliphatic carbocycles. The first-order valence-electron chi connectivity index (χ1n) is 7.98. The second-order valence-corrected chi connectivity index (χ2v) is 5.77. The van der Waals surface area contributed by atoms with E-state index in [2.05, 4.69) is 15.7 Å². The maximum absolute atomic E-state index is 12.9. The van der Waals surface area contributed by atoms with Gasteiger partial charge in [-0.1, -0.05) is 13.0 Å². The molecule has 1 heterocycles. The topological polar surface area (TPSA) is 58.9 Å². The average Bonchev–Trinajstić information content (AvgIpc) is 2.94. The molecular formula is C17H22ClF3N4O. The highest BCUT2D eigenvalue weighted by Gasteiger charge is 2.30. The molecule has 0 saturated carbocycles. The lowest BCUT2D eigenvalue weighted by atomic mass is 10.2. The van der Waals surface area contributed by atoms with Gasteiger partial charge >= 0.3 is 6.18 Å². The number of alkyl halides is 3. The summed E-state index contributed by atoms with van der Waals surface area (Å²) in [4.78, 5) is 12.3. The number of hydrogen-bond acceptors (Lipinski definition) is 3. The van der Waals surface area contributed by atoms with Crippen LogP contribution in [0.4, 0.5) is 13.2 Å². The zero-order valence-corrected chi connectivity index (χ0v) is 15.5. The third-order valence-electron chi connectivity index (χ3n) is 3.79. The van der Waals surface area contributed by atoms with Crippen molar-refractivity contribution in [2.45, 2.75) is 33.0 Å². The fourth-order valence-corrected chi connectivity index (χ4v) is 2.47. The highest BCUT2D eigenvalue weighted by molar-refractivity contribution is 5.95. The number of nitrogens with zero attached hydrogens (tertiary/aromatic N) is 2. The molecule has 2 aromatic rings. The van der Waals surface area contributed by atoms with Crippen LogP contribution in [0.15, 0.2) is 30.5 Å². The van der Waals surface area contributed by atoms with E-state index >= 15 is 0 Å². The summed E-state index contributed by atoms with van der Waals surface area (Å²) >= 11 is 0. The Morgan fingerprint density at radius 1 is 1.35 bits per heavy atom. The van der Waals surface area contributed by atoms with Crippen molar-refractivity contribution in [2.75, 3.05) is 13.1 Å². The van der Waals surface area contributed by atoms with E-state index in [1.807, 2.05) is 13.8 Å². The van der Waals surface area contributed by atoms with Crippen molar-refractivity contribution < 1.29 is 18.0 Å². The van der Waals surface area contributed by atoms with Crippen LogP contribution < -0.4 is 10.6 Å². The molecule has 0 spiro atoms. The van der Waals surface area contributed by atoms with Gasteiger partial charge in [-0.25, -0.2) is 4.68 Å². The Kier molecular flexibility index (Phi) is 7.65. The van der Waals surface area contributed by atoms with Gasteiger partial charge in [0.05, 0.1) is 28.7 Å². The number of aromatic nitrogens is 2. The first kappa shape index (κ1) is 22.0. The molecule has 1 aromatic carbocycles. The van der Waals surface area contributed by atoms with E-state index in [9.17, 15) is 18.0 Å². The standard InChI is InChI=1S/C17H21F3N4O.ClH/c1-4-21-11(2)9-22-16(25)15-10-23-24(12(15)3)14-7-5-6-13(8-14)17(18,19)20;/h5-8,10-11,21H,4,9H2,1-3H3,(H,22,25);1H/t11-;/m1./s1. The molecule has 0 radical (unpaired) electrons. The summed E-state index contributed by atoms with van der Waals surface area (Å²) in [6, 6.07) is 4.96. The van der Waals surface area contributed by atoms with Crippen LogP contribution in [-0.2, 0) is 6.18 Å². The molecule has 1 atom stereocenters. The van der Waals surface area contributed by atoms with Crippen LogP contribution in [0.1, 0.15) is 35.5 Å². The molecule has 5 nitrogen and oxygen atoms in total. The van der Waals surface area contributed by atoms with Gasteiger partial charge in [-0.3, -0.25) is 4.79 Å². The second-order valence-electron chi connectivity index (χ2n) is 5.77. The van der Waals surface area contributed by atoms with E-state index in [4.69, 9.17) is 0 Å². The van der Waals surface area contributed by atoms with Gasteiger partial charge in [-0.15, -0.1) is 12.4 Å². The highest BCUT2D eigenvalue weighted by Crippen LogP contribution is 2.30. The van der Waals surface area contributed by atoms with Gasteiger partial charge < -0.3 is 10.6 Å². The molecule has 0 bridgehead atoms. The van der Waals surface area contributed by atoms with Gasteiger partial charge in [0.25, 0.3) is 5.91 Å². The largest absolute Gasteiger partial charge is 0.416 e.